The maximum atomic E-state index is 13.4. The number of carbonyl (C=O) groups excluding carboxylic acids is 1. The van der Waals surface area contributed by atoms with E-state index in [4.69, 9.17) is 27.2 Å². The lowest BCUT2D eigenvalue weighted by molar-refractivity contribution is -0.120. The summed E-state index contributed by atoms with van der Waals surface area (Å²) in [7, 11) is 0. The van der Waals surface area contributed by atoms with Gasteiger partial charge in [0.1, 0.15) is 6.04 Å². The highest BCUT2D eigenvalue weighted by Gasteiger charge is 2.35. The Morgan fingerprint density at radius 3 is 2.50 bits per heavy atom. The molecule has 188 valence electrons. The van der Waals surface area contributed by atoms with E-state index in [0.29, 0.717) is 37.3 Å². The second-order valence-electron chi connectivity index (χ2n) is 9.31. The van der Waals surface area contributed by atoms with Gasteiger partial charge in [-0.1, -0.05) is 54.1 Å². The number of hydrazone groups is 1. The highest BCUT2D eigenvalue weighted by atomic mass is 35.5. The molecule has 2 aromatic carbocycles. The molecule has 0 spiro atoms. The number of rotatable bonds is 7. The second-order valence-corrected chi connectivity index (χ2v) is 9.74. The zero-order valence-electron chi connectivity index (χ0n) is 20.1. The molecular weight excluding hydrogens is 480 g/mol. The zero-order valence-corrected chi connectivity index (χ0v) is 20.8. The van der Waals surface area contributed by atoms with Crippen molar-refractivity contribution in [2.75, 3.05) is 24.8 Å². The average Bonchev–Trinajstić information content (AvgIpc) is 3.47. The van der Waals surface area contributed by atoms with Gasteiger partial charge in [0.05, 0.1) is 12.3 Å². The first kappa shape index (κ1) is 24.3. The molecule has 1 saturated heterocycles. The van der Waals surface area contributed by atoms with Crippen molar-refractivity contribution >= 4 is 29.2 Å². The fraction of sp³-hybridized carbons (Fsp3) is 0.385. The summed E-state index contributed by atoms with van der Waals surface area (Å²) in [6.07, 6.45) is 1.72. The molecule has 2 N–H and O–H groups in total. The molecule has 3 aromatic rings. The summed E-state index contributed by atoms with van der Waals surface area (Å²) >= 11 is 6.13. The monoisotopic (exact) mass is 508 g/mol. The zero-order chi connectivity index (χ0) is 25.2. The summed E-state index contributed by atoms with van der Waals surface area (Å²) in [5.41, 5.74) is 8.11. The van der Waals surface area contributed by atoms with Gasteiger partial charge in [-0.05, 0) is 48.9 Å². The maximum Gasteiger partial charge on any atom is 0.348 e. The van der Waals surface area contributed by atoms with Crippen LogP contribution in [-0.2, 0) is 16.1 Å². The molecule has 2 aliphatic rings. The standard InChI is InChI=1S/C26H29ClN6O3/c1-17(24(28)34)33-25(30-32(26(33)35)15-18-11-13-36-14-12-18)31-16-22(19-5-3-2-4-6-19)23(29-31)20-7-9-21(27)10-8-20/h2-10,17-18,22H,11-16H2,1H3,(H2,28,34)/t17-,22-/m0/s1. The lowest BCUT2D eigenvalue weighted by Gasteiger charge is -2.21. The molecule has 0 aliphatic carbocycles. The van der Waals surface area contributed by atoms with Crippen LogP contribution in [0.1, 0.15) is 42.9 Å². The smallest absolute Gasteiger partial charge is 0.348 e. The summed E-state index contributed by atoms with van der Waals surface area (Å²) in [6, 6.07) is 16.7. The Balaban J connectivity index is 1.57. The molecule has 9 nitrogen and oxygen atoms in total. The highest BCUT2D eigenvalue weighted by Crippen LogP contribution is 2.32. The van der Waals surface area contributed by atoms with Crippen LogP contribution in [0.4, 0.5) is 5.95 Å². The fourth-order valence-electron chi connectivity index (χ4n) is 4.80. The van der Waals surface area contributed by atoms with Crippen molar-refractivity contribution in [1.29, 1.82) is 0 Å². The van der Waals surface area contributed by atoms with Crippen LogP contribution in [0.3, 0.4) is 0 Å². The Labute approximate surface area is 214 Å². The molecule has 3 heterocycles. The quantitative estimate of drug-likeness (QED) is 0.527. The lowest BCUT2D eigenvalue weighted by Crippen LogP contribution is -2.36. The molecule has 0 radical (unpaired) electrons. The molecule has 5 rings (SSSR count). The second kappa shape index (κ2) is 10.3. The van der Waals surface area contributed by atoms with Crippen molar-refractivity contribution < 1.29 is 9.53 Å². The predicted molar refractivity (Wildman–Crippen MR) is 138 cm³/mol. The molecule has 2 atom stereocenters. The van der Waals surface area contributed by atoms with Crippen molar-refractivity contribution in [3.63, 3.8) is 0 Å². The number of nitrogens with zero attached hydrogens (tertiary/aromatic N) is 5. The lowest BCUT2D eigenvalue weighted by atomic mass is 9.91. The van der Waals surface area contributed by atoms with Crippen molar-refractivity contribution in [3.8, 4) is 0 Å². The normalized spacial score (nSPS) is 19.3. The van der Waals surface area contributed by atoms with Crippen LogP contribution >= 0.6 is 11.6 Å². The maximum absolute atomic E-state index is 13.4. The van der Waals surface area contributed by atoms with Gasteiger partial charge in [-0.2, -0.15) is 5.10 Å². The van der Waals surface area contributed by atoms with Crippen LogP contribution in [-0.4, -0.2) is 45.7 Å². The Morgan fingerprint density at radius 1 is 1.14 bits per heavy atom. The first-order valence-corrected chi connectivity index (χ1v) is 12.5. The summed E-state index contributed by atoms with van der Waals surface area (Å²) in [4.78, 5) is 25.6. The number of aromatic nitrogens is 3. The summed E-state index contributed by atoms with van der Waals surface area (Å²) < 4.78 is 8.26. The molecule has 0 unspecified atom stereocenters. The van der Waals surface area contributed by atoms with Crippen LogP contribution in [0, 0.1) is 5.92 Å². The van der Waals surface area contributed by atoms with Gasteiger partial charge in [-0.25, -0.2) is 19.1 Å². The van der Waals surface area contributed by atoms with Crippen molar-refractivity contribution in [1.82, 2.24) is 14.3 Å². The van der Waals surface area contributed by atoms with Crippen molar-refractivity contribution in [3.05, 3.63) is 81.2 Å². The van der Waals surface area contributed by atoms with E-state index in [9.17, 15) is 9.59 Å². The number of anilines is 1. The van der Waals surface area contributed by atoms with E-state index in [-0.39, 0.29) is 17.5 Å². The third-order valence-corrected chi connectivity index (χ3v) is 7.16. The molecule has 1 aromatic heterocycles. The minimum Gasteiger partial charge on any atom is -0.381 e. The largest absolute Gasteiger partial charge is 0.381 e. The van der Waals surface area contributed by atoms with Crippen LogP contribution in [0.15, 0.2) is 64.5 Å². The fourth-order valence-corrected chi connectivity index (χ4v) is 4.92. The van der Waals surface area contributed by atoms with E-state index in [1.807, 2.05) is 42.5 Å². The van der Waals surface area contributed by atoms with E-state index in [2.05, 4.69) is 17.2 Å². The van der Waals surface area contributed by atoms with Crippen LogP contribution in [0.5, 0.6) is 0 Å². The van der Waals surface area contributed by atoms with Gasteiger partial charge in [0.25, 0.3) is 0 Å². The number of carbonyl (C=O) groups is 1. The molecule has 0 saturated carbocycles. The van der Waals surface area contributed by atoms with E-state index in [1.165, 1.54) is 9.25 Å². The number of benzene rings is 2. The van der Waals surface area contributed by atoms with Gasteiger partial charge in [-0.3, -0.25) is 4.79 Å². The summed E-state index contributed by atoms with van der Waals surface area (Å²) in [6.45, 7) is 3.87. The van der Waals surface area contributed by atoms with Crippen LogP contribution in [0.2, 0.25) is 5.02 Å². The Morgan fingerprint density at radius 2 is 1.83 bits per heavy atom. The number of amides is 1. The van der Waals surface area contributed by atoms with Crippen LogP contribution in [0.25, 0.3) is 0 Å². The minimum atomic E-state index is -0.874. The summed E-state index contributed by atoms with van der Waals surface area (Å²) in [5.74, 6) is -0.0892. The Hall–Kier alpha value is -3.43. The van der Waals surface area contributed by atoms with Crippen molar-refractivity contribution in [2.45, 2.75) is 38.3 Å². The third-order valence-electron chi connectivity index (χ3n) is 6.91. The Bertz CT molecular complexity index is 1310. The number of halogens is 1. The first-order valence-electron chi connectivity index (χ1n) is 12.2. The SMILES string of the molecule is C[C@@H](C(N)=O)n1c(N2C[C@@H](c3ccccc3)C(c3ccc(Cl)cc3)=N2)nn(CC2CCOCC2)c1=O. The van der Waals surface area contributed by atoms with Gasteiger partial charge < -0.3 is 10.5 Å². The number of hydrogen-bond donors (Lipinski definition) is 1. The van der Waals surface area contributed by atoms with Crippen LogP contribution < -0.4 is 16.4 Å². The molecular formula is C26H29ClN6O3. The van der Waals surface area contributed by atoms with Gasteiger partial charge in [0.15, 0.2) is 0 Å². The van der Waals surface area contributed by atoms with Gasteiger partial charge in [0.2, 0.25) is 11.9 Å². The van der Waals surface area contributed by atoms with Crippen molar-refractivity contribution in [2.24, 2.45) is 16.8 Å². The number of ether oxygens (including phenoxy) is 1. The van der Waals surface area contributed by atoms with Gasteiger partial charge in [-0.15, -0.1) is 5.10 Å². The van der Waals surface area contributed by atoms with Gasteiger partial charge in [0, 0.05) is 30.7 Å². The summed E-state index contributed by atoms with van der Waals surface area (Å²) in [5, 5.41) is 11.9. The molecule has 10 heteroatoms. The van der Waals surface area contributed by atoms with E-state index in [1.54, 1.807) is 11.9 Å². The molecule has 1 fully saturated rings. The number of nitrogens with two attached hydrogens (primary N) is 1. The van der Waals surface area contributed by atoms with E-state index >= 15 is 0 Å². The molecule has 1 amide bonds. The van der Waals surface area contributed by atoms with Gasteiger partial charge >= 0.3 is 5.69 Å². The predicted octanol–water partition coefficient (Wildman–Crippen LogP) is 3.18. The minimum absolute atomic E-state index is 0.0690. The average molecular weight is 509 g/mol. The topological polar surface area (TPSA) is 108 Å². The third kappa shape index (κ3) is 4.81. The first-order chi connectivity index (χ1) is 17.4. The van der Waals surface area contributed by atoms with E-state index < -0.39 is 11.9 Å². The number of primary amides is 1. The Kier molecular flexibility index (Phi) is 6.93. The highest BCUT2D eigenvalue weighted by molar-refractivity contribution is 6.30. The molecule has 36 heavy (non-hydrogen) atoms. The molecule has 2 aliphatic heterocycles. The number of hydrogen-bond acceptors (Lipinski definition) is 6. The molecule has 0 bridgehead atoms. The van der Waals surface area contributed by atoms with E-state index in [0.717, 1.165) is 29.7 Å².